The van der Waals surface area contributed by atoms with Gasteiger partial charge in [-0.1, -0.05) is 11.6 Å². The molecule has 156 valence electrons. The van der Waals surface area contributed by atoms with E-state index in [2.05, 4.69) is 10.3 Å². The quantitative estimate of drug-likeness (QED) is 0.533. The summed E-state index contributed by atoms with van der Waals surface area (Å²) in [4.78, 5) is 16.2. The van der Waals surface area contributed by atoms with E-state index in [9.17, 15) is 18.0 Å². The number of alkyl halides is 3. The average Bonchev–Trinajstić information content (AvgIpc) is 3.11. The number of aryl methyl sites for hydroxylation is 1. The van der Waals surface area contributed by atoms with Gasteiger partial charge < -0.3 is 14.6 Å². The number of nitrogens with one attached hydrogen (secondary N) is 1. The average molecular weight is 436 g/mol. The lowest BCUT2D eigenvalue weighted by Crippen LogP contribution is -2.08. The van der Waals surface area contributed by atoms with Crippen molar-refractivity contribution in [2.45, 2.75) is 12.8 Å². The van der Waals surface area contributed by atoms with Gasteiger partial charge in [0.15, 0.2) is 0 Å². The van der Waals surface area contributed by atoms with Crippen LogP contribution in [0, 0.1) is 0 Å². The van der Waals surface area contributed by atoms with Gasteiger partial charge in [-0.05, 0) is 54.1 Å². The molecule has 1 aromatic heterocycles. The Kier molecular flexibility index (Phi) is 6.47. The smallest absolute Gasteiger partial charge is 0.416 e. The van der Waals surface area contributed by atoms with Crippen LogP contribution in [-0.4, -0.2) is 15.5 Å². The van der Waals surface area contributed by atoms with Crippen LogP contribution in [0.5, 0.6) is 5.75 Å². The Morgan fingerprint density at radius 3 is 2.60 bits per heavy atom. The van der Waals surface area contributed by atoms with Crippen LogP contribution in [0.25, 0.3) is 6.08 Å². The molecule has 0 aliphatic heterocycles. The Balaban J connectivity index is 1.59. The number of amides is 1. The zero-order chi connectivity index (χ0) is 21.7. The van der Waals surface area contributed by atoms with Gasteiger partial charge in [-0.15, -0.1) is 0 Å². The molecular formula is C21H17ClF3N3O2. The van der Waals surface area contributed by atoms with E-state index >= 15 is 0 Å². The molecule has 1 amide bonds. The molecule has 0 unspecified atom stereocenters. The van der Waals surface area contributed by atoms with Crippen LogP contribution in [0.15, 0.2) is 60.9 Å². The van der Waals surface area contributed by atoms with Crippen molar-refractivity contribution in [1.82, 2.24) is 9.55 Å². The van der Waals surface area contributed by atoms with E-state index in [0.29, 0.717) is 18.0 Å². The van der Waals surface area contributed by atoms with Crippen LogP contribution >= 0.6 is 11.6 Å². The maximum Gasteiger partial charge on any atom is 0.416 e. The molecule has 0 saturated heterocycles. The molecule has 0 spiro atoms. The van der Waals surface area contributed by atoms with Crippen molar-refractivity contribution in [2.24, 2.45) is 7.05 Å². The summed E-state index contributed by atoms with van der Waals surface area (Å²) in [7, 11) is 1.87. The topological polar surface area (TPSA) is 56.1 Å². The number of carbonyl (C=O) groups is 1. The van der Waals surface area contributed by atoms with Gasteiger partial charge in [0.05, 0.1) is 5.56 Å². The van der Waals surface area contributed by atoms with Crippen molar-refractivity contribution in [3.8, 4) is 5.75 Å². The minimum absolute atomic E-state index is 0.0969. The van der Waals surface area contributed by atoms with E-state index in [0.717, 1.165) is 30.1 Å². The second kappa shape index (κ2) is 9.04. The van der Waals surface area contributed by atoms with Gasteiger partial charge in [-0.2, -0.15) is 13.2 Å². The van der Waals surface area contributed by atoms with Gasteiger partial charge in [0.1, 0.15) is 18.2 Å². The van der Waals surface area contributed by atoms with Crippen LogP contribution < -0.4 is 10.1 Å². The number of ether oxygens (including phenoxy) is 1. The molecular weight excluding hydrogens is 419 g/mol. The number of hydrogen-bond acceptors (Lipinski definition) is 3. The first-order chi connectivity index (χ1) is 14.2. The molecule has 3 aromatic rings. The van der Waals surface area contributed by atoms with Gasteiger partial charge in [-0.3, -0.25) is 4.79 Å². The summed E-state index contributed by atoms with van der Waals surface area (Å²) in [6.45, 7) is 0.301. The fourth-order valence-corrected chi connectivity index (χ4v) is 2.70. The van der Waals surface area contributed by atoms with Gasteiger partial charge in [0, 0.05) is 36.2 Å². The Bertz CT molecular complexity index is 1060. The molecule has 0 saturated carbocycles. The summed E-state index contributed by atoms with van der Waals surface area (Å²) in [6.07, 6.45) is 1.36. The number of hydrogen-bond donors (Lipinski definition) is 1. The van der Waals surface area contributed by atoms with Crippen molar-refractivity contribution in [2.75, 3.05) is 5.32 Å². The minimum atomic E-state index is -4.49. The van der Waals surface area contributed by atoms with Gasteiger partial charge in [0.25, 0.3) is 0 Å². The highest BCUT2D eigenvalue weighted by Gasteiger charge is 2.30. The van der Waals surface area contributed by atoms with Crippen molar-refractivity contribution >= 4 is 29.3 Å². The molecule has 30 heavy (non-hydrogen) atoms. The Labute approximate surface area is 175 Å². The Morgan fingerprint density at radius 2 is 1.97 bits per heavy atom. The van der Waals surface area contributed by atoms with Crippen LogP contribution in [-0.2, 0) is 24.6 Å². The number of rotatable bonds is 6. The van der Waals surface area contributed by atoms with E-state index in [1.54, 1.807) is 30.5 Å². The summed E-state index contributed by atoms with van der Waals surface area (Å²) in [6, 6.07) is 9.59. The van der Waals surface area contributed by atoms with Crippen LogP contribution in [0.1, 0.15) is 17.0 Å². The van der Waals surface area contributed by atoms with Gasteiger partial charge in [0.2, 0.25) is 5.91 Å². The molecule has 0 aliphatic carbocycles. The lowest BCUT2D eigenvalue weighted by atomic mass is 10.1. The lowest BCUT2D eigenvalue weighted by molar-refractivity contribution is -0.137. The zero-order valence-corrected chi connectivity index (χ0v) is 16.5. The monoisotopic (exact) mass is 435 g/mol. The summed E-state index contributed by atoms with van der Waals surface area (Å²) in [5.41, 5.74) is -0.239. The second-order valence-electron chi connectivity index (χ2n) is 6.32. The standard InChI is InChI=1S/C21H17ClF3N3O2/c1-28-11-10-26-19(28)13-30-17-6-4-16(5-7-17)27-20(29)9-2-14-12-15(21(23,24)25)3-8-18(14)22/h2-12H,13H2,1H3,(H,27,29)/b9-2+. The molecule has 3 rings (SSSR count). The normalized spacial score (nSPS) is 11.6. The minimum Gasteiger partial charge on any atom is -0.486 e. The number of benzene rings is 2. The highest BCUT2D eigenvalue weighted by molar-refractivity contribution is 6.32. The van der Waals surface area contributed by atoms with E-state index in [1.807, 2.05) is 17.8 Å². The Hall–Kier alpha value is -3.26. The van der Waals surface area contributed by atoms with Crippen molar-refractivity contribution in [1.29, 1.82) is 0 Å². The highest BCUT2D eigenvalue weighted by atomic mass is 35.5. The van der Waals surface area contributed by atoms with Crippen molar-refractivity contribution < 1.29 is 22.7 Å². The van der Waals surface area contributed by atoms with Crippen LogP contribution in [0.4, 0.5) is 18.9 Å². The predicted molar refractivity (Wildman–Crippen MR) is 108 cm³/mol. The number of nitrogens with zero attached hydrogens (tertiary/aromatic N) is 2. The summed E-state index contributed by atoms with van der Waals surface area (Å²) < 4.78 is 45.9. The SMILES string of the molecule is Cn1ccnc1COc1ccc(NC(=O)/C=C/c2cc(C(F)(F)F)ccc2Cl)cc1. The predicted octanol–water partition coefficient (Wildman–Crippen LogP) is 5.32. The fraction of sp³-hybridized carbons (Fsp3) is 0.143. The number of halogens is 4. The van der Waals surface area contributed by atoms with E-state index in [4.69, 9.17) is 16.3 Å². The first-order valence-corrected chi connectivity index (χ1v) is 9.15. The maximum absolute atomic E-state index is 12.8. The summed E-state index contributed by atoms with van der Waals surface area (Å²) in [5, 5.41) is 2.73. The molecule has 5 nitrogen and oxygen atoms in total. The van der Waals surface area contributed by atoms with Crippen molar-refractivity contribution in [3.05, 3.63) is 82.9 Å². The third-order valence-corrected chi connectivity index (χ3v) is 4.49. The fourth-order valence-electron chi connectivity index (χ4n) is 2.52. The second-order valence-corrected chi connectivity index (χ2v) is 6.73. The molecule has 2 aromatic carbocycles. The third-order valence-electron chi connectivity index (χ3n) is 4.15. The number of anilines is 1. The third kappa shape index (κ3) is 5.64. The summed E-state index contributed by atoms with van der Waals surface area (Å²) in [5.74, 6) is 0.859. The zero-order valence-electron chi connectivity index (χ0n) is 15.8. The molecule has 0 radical (unpaired) electrons. The van der Waals surface area contributed by atoms with E-state index in [1.165, 1.54) is 6.08 Å². The lowest BCUT2D eigenvalue weighted by Gasteiger charge is -2.08. The first-order valence-electron chi connectivity index (χ1n) is 8.77. The van der Waals surface area contributed by atoms with Gasteiger partial charge >= 0.3 is 6.18 Å². The summed E-state index contributed by atoms with van der Waals surface area (Å²) >= 11 is 5.91. The molecule has 0 bridgehead atoms. The Morgan fingerprint density at radius 1 is 1.23 bits per heavy atom. The molecule has 1 N–H and O–H groups in total. The molecule has 1 heterocycles. The highest BCUT2D eigenvalue weighted by Crippen LogP contribution is 2.32. The molecule has 0 aliphatic rings. The van der Waals surface area contributed by atoms with Crippen LogP contribution in [0.2, 0.25) is 5.02 Å². The molecule has 0 fully saturated rings. The van der Waals surface area contributed by atoms with Crippen LogP contribution in [0.3, 0.4) is 0 Å². The molecule has 9 heteroatoms. The maximum atomic E-state index is 12.8. The first kappa shape index (κ1) is 21.4. The number of carbonyl (C=O) groups excluding carboxylic acids is 1. The number of aromatic nitrogens is 2. The molecule has 0 atom stereocenters. The van der Waals surface area contributed by atoms with Crippen molar-refractivity contribution in [3.63, 3.8) is 0 Å². The van der Waals surface area contributed by atoms with E-state index < -0.39 is 17.6 Å². The van der Waals surface area contributed by atoms with E-state index in [-0.39, 0.29) is 10.6 Å². The van der Waals surface area contributed by atoms with Gasteiger partial charge in [-0.25, -0.2) is 4.98 Å². The number of imidazole rings is 1. The largest absolute Gasteiger partial charge is 0.486 e.